The Bertz CT molecular complexity index is 2140. The molecule has 0 spiro atoms. The molecule has 0 radical (unpaired) electrons. The number of hydrogen-bond acceptors (Lipinski definition) is 8. The van der Waals surface area contributed by atoms with E-state index in [0.717, 1.165) is 11.8 Å². The fourth-order valence-corrected chi connectivity index (χ4v) is 6.36. The van der Waals surface area contributed by atoms with Gasteiger partial charge >= 0.3 is 0 Å². The topological polar surface area (TPSA) is 131 Å². The molecule has 3 heterocycles. The second-order valence-electron chi connectivity index (χ2n) is 11.6. The Morgan fingerprint density at radius 1 is 0.872 bits per heavy atom. The molecule has 0 aliphatic carbocycles. The molecule has 47 heavy (non-hydrogen) atoms. The predicted molar refractivity (Wildman–Crippen MR) is 176 cm³/mol. The monoisotopic (exact) mass is 653 g/mol. The lowest BCUT2D eigenvalue weighted by Gasteiger charge is -2.31. The number of anilines is 1. The van der Waals surface area contributed by atoms with Gasteiger partial charge in [0, 0.05) is 54.4 Å². The van der Waals surface area contributed by atoms with Gasteiger partial charge in [0.05, 0.1) is 16.3 Å². The molecule has 1 saturated heterocycles. The predicted octanol–water partition coefficient (Wildman–Crippen LogP) is 4.66. The number of benzene rings is 3. The molecule has 6 rings (SSSR count). The van der Waals surface area contributed by atoms with Crippen LogP contribution in [0.25, 0.3) is 16.7 Å². The number of aromatic nitrogens is 3. The first-order valence-electron chi connectivity index (χ1n) is 15.1. The normalized spacial score (nSPS) is 13.9. The maximum atomic E-state index is 13.3. The van der Waals surface area contributed by atoms with E-state index in [1.807, 2.05) is 11.8 Å². The number of aryl methyl sites for hydroxylation is 1. The molecule has 0 bridgehead atoms. The van der Waals surface area contributed by atoms with Crippen molar-refractivity contribution in [1.29, 1.82) is 0 Å². The van der Waals surface area contributed by atoms with Gasteiger partial charge in [0.1, 0.15) is 5.82 Å². The van der Waals surface area contributed by atoms with Crippen LogP contribution in [0.3, 0.4) is 0 Å². The van der Waals surface area contributed by atoms with Crippen LogP contribution in [0.1, 0.15) is 44.8 Å². The van der Waals surface area contributed by atoms with E-state index in [1.165, 1.54) is 47.0 Å². The van der Waals surface area contributed by atoms with E-state index in [2.05, 4.69) is 5.32 Å². The highest BCUT2D eigenvalue weighted by atomic mass is 32.2. The van der Waals surface area contributed by atoms with Crippen molar-refractivity contribution in [3.8, 4) is 5.69 Å². The number of amides is 1. The first-order chi connectivity index (χ1) is 22.5. The molecular formula is C35H32FN5O5S. The number of fused-ring (bicyclic) bond motifs is 1. The number of sulfone groups is 1. The minimum Gasteiger partial charge on any atom is -0.348 e. The highest BCUT2D eigenvalue weighted by molar-refractivity contribution is 7.90. The van der Waals surface area contributed by atoms with Crippen molar-refractivity contribution in [2.24, 2.45) is 5.92 Å². The van der Waals surface area contributed by atoms with Crippen molar-refractivity contribution in [3.05, 3.63) is 123 Å². The average Bonchev–Trinajstić information content (AvgIpc) is 3.07. The maximum Gasteiger partial charge on any atom is 0.256 e. The minimum atomic E-state index is -3.31. The van der Waals surface area contributed by atoms with Crippen LogP contribution in [0.5, 0.6) is 0 Å². The molecule has 1 N–H and O–H groups in total. The van der Waals surface area contributed by atoms with Crippen molar-refractivity contribution in [3.63, 3.8) is 0 Å². The first kappa shape index (κ1) is 31.7. The van der Waals surface area contributed by atoms with Gasteiger partial charge in [-0.15, -0.1) is 0 Å². The Labute approximate surface area is 270 Å². The van der Waals surface area contributed by atoms with E-state index >= 15 is 0 Å². The van der Waals surface area contributed by atoms with Crippen LogP contribution in [-0.2, 0) is 16.4 Å². The molecule has 10 nitrogen and oxygen atoms in total. The largest absolute Gasteiger partial charge is 0.348 e. The summed E-state index contributed by atoms with van der Waals surface area (Å²) < 4.78 is 38.2. The average molecular weight is 654 g/mol. The second kappa shape index (κ2) is 12.9. The number of hydrogen-bond donors (Lipinski definition) is 1. The van der Waals surface area contributed by atoms with Gasteiger partial charge in [-0.2, -0.15) is 4.98 Å². The summed E-state index contributed by atoms with van der Waals surface area (Å²) in [6.07, 6.45) is 2.32. The summed E-state index contributed by atoms with van der Waals surface area (Å²) in [5, 5.41) is 3.53. The lowest BCUT2D eigenvalue weighted by molar-refractivity contribution is 0.0899. The van der Waals surface area contributed by atoms with Gasteiger partial charge in [-0.3, -0.25) is 19.0 Å². The van der Waals surface area contributed by atoms with Gasteiger partial charge in [0.2, 0.25) is 5.95 Å². The summed E-state index contributed by atoms with van der Waals surface area (Å²) in [4.78, 5) is 50.8. The summed E-state index contributed by atoms with van der Waals surface area (Å²) in [5.41, 5.74) is 3.00. The molecule has 3 aromatic carbocycles. The third kappa shape index (κ3) is 6.82. The fourth-order valence-electron chi connectivity index (χ4n) is 5.73. The standard InChI is InChI=1S/C35H32FN5O5S/c1-22-30-15-16-31(42)41(28-11-7-26(8-12-28)34(44)37-21-23-3-13-29(14-4-23)47(2,45)46)33(30)39-35(38-22)40-19-17-25(18-20-40)32(43)24-5-9-27(36)10-6-24/h3-16,25H,17-21H2,1-2H3,(H,37,44). The summed E-state index contributed by atoms with van der Waals surface area (Å²) in [6.45, 7) is 3.16. The number of carbonyl (C=O) groups excluding carboxylic acids is 2. The Morgan fingerprint density at radius 2 is 1.51 bits per heavy atom. The van der Waals surface area contributed by atoms with Crippen molar-refractivity contribution >= 4 is 38.5 Å². The molecule has 1 amide bonds. The Hall–Kier alpha value is -5.23. The molecular weight excluding hydrogens is 621 g/mol. The fraction of sp³-hybridized carbons (Fsp3) is 0.229. The van der Waals surface area contributed by atoms with E-state index < -0.39 is 9.84 Å². The number of nitrogens with zero attached hydrogens (tertiary/aromatic N) is 4. The molecule has 5 aromatic rings. The molecule has 1 aliphatic heterocycles. The molecule has 12 heteroatoms. The van der Waals surface area contributed by atoms with Gasteiger partial charge in [-0.25, -0.2) is 17.8 Å². The van der Waals surface area contributed by atoms with Crippen LogP contribution in [0.4, 0.5) is 10.3 Å². The number of halogens is 1. The van der Waals surface area contributed by atoms with Crippen molar-refractivity contribution in [2.45, 2.75) is 31.2 Å². The molecule has 1 aliphatic rings. The van der Waals surface area contributed by atoms with Crippen LogP contribution in [-0.4, -0.2) is 54.0 Å². The lowest BCUT2D eigenvalue weighted by Crippen LogP contribution is -2.37. The Kier molecular flexibility index (Phi) is 8.69. The highest BCUT2D eigenvalue weighted by Crippen LogP contribution is 2.27. The van der Waals surface area contributed by atoms with E-state index in [4.69, 9.17) is 9.97 Å². The molecule has 240 valence electrons. The molecule has 0 unspecified atom stereocenters. The van der Waals surface area contributed by atoms with Crippen LogP contribution < -0.4 is 15.8 Å². The molecule has 0 atom stereocenters. The Balaban J connectivity index is 1.19. The zero-order chi connectivity index (χ0) is 33.3. The Morgan fingerprint density at radius 3 is 2.15 bits per heavy atom. The number of piperidine rings is 1. The summed E-state index contributed by atoms with van der Waals surface area (Å²) in [6, 6.07) is 21.7. The third-order valence-corrected chi connectivity index (χ3v) is 9.53. The quantitative estimate of drug-likeness (QED) is 0.239. The van der Waals surface area contributed by atoms with Crippen molar-refractivity contribution in [2.75, 3.05) is 24.2 Å². The van der Waals surface area contributed by atoms with Crippen LogP contribution >= 0.6 is 0 Å². The van der Waals surface area contributed by atoms with Crippen molar-refractivity contribution < 1.29 is 22.4 Å². The number of Topliss-reactive ketones (excluding diaryl/α,β-unsaturated/α-hetero) is 1. The van der Waals surface area contributed by atoms with Crippen LogP contribution in [0, 0.1) is 18.7 Å². The number of carbonyl (C=O) groups is 2. The van der Waals surface area contributed by atoms with E-state index in [0.29, 0.717) is 65.4 Å². The second-order valence-corrected chi connectivity index (χ2v) is 13.6. The maximum absolute atomic E-state index is 13.3. The summed E-state index contributed by atoms with van der Waals surface area (Å²) >= 11 is 0. The zero-order valence-electron chi connectivity index (χ0n) is 25.8. The van der Waals surface area contributed by atoms with Crippen molar-refractivity contribution in [1.82, 2.24) is 19.9 Å². The van der Waals surface area contributed by atoms with E-state index in [1.54, 1.807) is 42.5 Å². The number of ketones is 1. The SMILES string of the molecule is Cc1nc(N2CCC(C(=O)c3ccc(F)cc3)CC2)nc2c1ccc(=O)n2-c1ccc(C(=O)NCc2ccc(S(C)(=O)=O)cc2)cc1. The smallest absolute Gasteiger partial charge is 0.256 e. The van der Waals surface area contributed by atoms with Gasteiger partial charge in [0.15, 0.2) is 21.3 Å². The highest BCUT2D eigenvalue weighted by Gasteiger charge is 2.27. The van der Waals surface area contributed by atoms with Gasteiger partial charge in [0.25, 0.3) is 11.5 Å². The van der Waals surface area contributed by atoms with Crippen LogP contribution in [0.15, 0.2) is 94.6 Å². The van der Waals surface area contributed by atoms with Gasteiger partial charge in [-0.05, 0) is 92.1 Å². The minimum absolute atomic E-state index is 0.00511. The molecule has 1 fully saturated rings. The lowest BCUT2D eigenvalue weighted by atomic mass is 9.89. The van der Waals surface area contributed by atoms with E-state index in [9.17, 15) is 27.2 Å². The first-order valence-corrected chi connectivity index (χ1v) is 17.0. The number of pyridine rings is 1. The summed E-state index contributed by atoms with van der Waals surface area (Å²) in [7, 11) is -3.31. The molecule has 0 saturated carbocycles. The summed E-state index contributed by atoms with van der Waals surface area (Å²) in [5.74, 6) is -0.436. The number of nitrogens with one attached hydrogen (secondary N) is 1. The van der Waals surface area contributed by atoms with Gasteiger partial charge < -0.3 is 10.2 Å². The van der Waals surface area contributed by atoms with Gasteiger partial charge in [-0.1, -0.05) is 12.1 Å². The van der Waals surface area contributed by atoms with Crippen LogP contribution in [0.2, 0.25) is 0 Å². The zero-order valence-corrected chi connectivity index (χ0v) is 26.6. The van der Waals surface area contributed by atoms with E-state index in [-0.39, 0.29) is 40.4 Å². The molecule has 2 aromatic heterocycles. The third-order valence-electron chi connectivity index (χ3n) is 8.40. The number of rotatable bonds is 8.